The third-order valence-electron chi connectivity index (χ3n) is 2.84. The summed E-state index contributed by atoms with van der Waals surface area (Å²) in [5.41, 5.74) is 0.502. The van der Waals surface area contributed by atoms with Gasteiger partial charge in [0.1, 0.15) is 0 Å². The number of carbonyl (C=O) groups is 2. The molecule has 0 aliphatic carbocycles. The van der Waals surface area contributed by atoms with Crippen molar-refractivity contribution in [2.24, 2.45) is 0 Å². The van der Waals surface area contributed by atoms with E-state index in [1.165, 1.54) is 24.3 Å². The van der Waals surface area contributed by atoms with Crippen LogP contribution >= 0.6 is 0 Å². The van der Waals surface area contributed by atoms with E-state index in [1.54, 1.807) is 11.9 Å². The molecule has 0 saturated heterocycles. The first-order valence-electron chi connectivity index (χ1n) is 7.16. The molecule has 8 heteroatoms. The third kappa shape index (κ3) is 7.25. The SMILES string of the molecule is CC(C)NC(=O)CN(C)CC(=O)Nc1ccc(S(C)(=O)=O)cc1. The van der Waals surface area contributed by atoms with Crippen LogP contribution in [-0.2, 0) is 19.4 Å². The van der Waals surface area contributed by atoms with Crippen LogP contribution in [0.1, 0.15) is 13.8 Å². The predicted molar refractivity (Wildman–Crippen MR) is 89.0 cm³/mol. The Morgan fingerprint density at radius 2 is 1.61 bits per heavy atom. The van der Waals surface area contributed by atoms with Gasteiger partial charge in [-0.3, -0.25) is 14.5 Å². The lowest BCUT2D eigenvalue weighted by Gasteiger charge is -2.17. The molecule has 1 rings (SSSR count). The van der Waals surface area contributed by atoms with E-state index in [1.807, 2.05) is 13.8 Å². The molecule has 7 nitrogen and oxygen atoms in total. The molecule has 0 aliphatic rings. The van der Waals surface area contributed by atoms with E-state index in [-0.39, 0.29) is 35.8 Å². The Kier molecular flexibility index (Phi) is 6.71. The maximum Gasteiger partial charge on any atom is 0.238 e. The van der Waals surface area contributed by atoms with Gasteiger partial charge in [0.25, 0.3) is 0 Å². The fourth-order valence-electron chi connectivity index (χ4n) is 1.90. The number of benzene rings is 1. The average Bonchev–Trinajstić information content (AvgIpc) is 2.36. The third-order valence-corrected chi connectivity index (χ3v) is 3.97. The summed E-state index contributed by atoms with van der Waals surface area (Å²) < 4.78 is 22.7. The molecule has 1 aromatic carbocycles. The van der Waals surface area contributed by atoms with Gasteiger partial charge in [-0.05, 0) is 45.2 Å². The van der Waals surface area contributed by atoms with Gasteiger partial charge < -0.3 is 10.6 Å². The Hall–Kier alpha value is -1.93. The van der Waals surface area contributed by atoms with Crippen LogP contribution in [0.15, 0.2) is 29.2 Å². The average molecular weight is 341 g/mol. The highest BCUT2D eigenvalue weighted by atomic mass is 32.2. The number of rotatable bonds is 7. The Balaban J connectivity index is 2.52. The first kappa shape index (κ1) is 19.1. The molecule has 0 saturated carbocycles. The Labute approximate surface area is 137 Å². The molecule has 0 fully saturated rings. The quantitative estimate of drug-likeness (QED) is 0.752. The maximum absolute atomic E-state index is 11.9. The molecule has 0 radical (unpaired) electrons. The van der Waals surface area contributed by atoms with Crippen LogP contribution in [0, 0.1) is 0 Å². The van der Waals surface area contributed by atoms with E-state index in [0.717, 1.165) is 6.26 Å². The van der Waals surface area contributed by atoms with Gasteiger partial charge >= 0.3 is 0 Å². The van der Waals surface area contributed by atoms with E-state index in [4.69, 9.17) is 0 Å². The number of hydrogen-bond acceptors (Lipinski definition) is 5. The van der Waals surface area contributed by atoms with Gasteiger partial charge in [0.15, 0.2) is 9.84 Å². The monoisotopic (exact) mass is 341 g/mol. The van der Waals surface area contributed by atoms with E-state index in [2.05, 4.69) is 10.6 Å². The zero-order valence-electron chi connectivity index (χ0n) is 13.8. The Morgan fingerprint density at radius 3 is 2.09 bits per heavy atom. The van der Waals surface area contributed by atoms with Gasteiger partial charge in [0, 0.05) is 18.0 Å². The minimum absolute atomic E-state index is 0.0538. The second-order valence-electron chi connectivity index (χ2n) is 5.74. The Bertz CT molecular complexity index is 654. The smallest absolute Gasteiger partial charge is 0.238 e. The van der Waals surface area contributed by atoms with E-state index in [9.17, 15) is 18.0 Å². The lowest BCUT2D eigenvalue weighted by atomic mass is 10.3. The lowest BCUT2D eigenvalue weighted by Crippen LogP contribution is -2.41. The van der Waals surface area contributed by atoms with Crippen molar-refractivity contribution in [1.29, 1.82) is 0 Å². The molecule has 2 N–H and O–H groups in total. The molecule has 0 unspecified atom stereocenters. The fraction of sp³-hybridized carbons (Fsp3) is 0.467. The molecule has 0 spiro atoms. The van der Waals surface area contributed by atoms with Gasteiger partial charge in [-0.25, -0.2) is 8.42 Å². The van der Waals surface area contributed by atoms with Gasteiger partial charge in [-0.2, -0.15) is 0 Å². The number of nitrogens with one attached hydrogen (secondary N) is 2. The molecule has 0 heterocycles. The number of nitrogens with zero attached hydrogens (tertiary/aromatic N) is 1. The molecule has 2 amide bonds. The molecule has 0 aliphatic heterocycles. The van der Waals surface area contributed by atoms with Crippen LogP contribution in [0.25, 0.3) is 0 Å². The first-order chi connectivity index (χ1) is 10.6. The van der Waals surface area contributed by atoms with E-state index >= 15 is 0 Å². The highest BCUT2D eigenvalue weighted by Gasteiger charge is 2.12. The van der Waals surface area contributed by atoms with Crippen LogP contribution in [0.4, 0.5) is 5.69 Å². The molecule has 128 valence electrons. The van der Waals surface area contributed by atoms with Crippen LogP contribution in [0.5, 0.6) is 0 Å². The molecule has 23 heavy (non-hydrogen) atoms. The summed E-state index contributed by atoms with van der Waals surface area (Å²) >= 11 is 0. The number of carbonyl (C=O) groups excluding carboxylic acids is 2. The summed E-state index contributed by atoms with van der Waals surface area (Å²) in [7, 11) is -1.58. The van der Waals surface area contributed by atoms with Crippen molar-refractivity contribution in [2.45, 2.75) is 24.8 Å². The maximum atomic E-state index is 11.9. The van der Waals surface area contributed by atoms with Crippen molar-refractivity contribution >= 4 is 27.3 Å². The number of anilines is 1. The normalized spacial score (nSPS) is 11.6. The summed E-state index contributed by atoms with van der Waals surface area (Å²) in [6, 6.07) is 5.98. The second-order valence-corrected chi connectivity index (χ2v) is 7.75. The van der Waals surface area contributed by atoms with Gasteiger partial charge in [0.05, 0.1) is 18.0 Å². The minimum Gasteiger partial charge on any atom is -0.353 e. The zero-order valence-corrected chi connectivity index (χ0v) is 14.6. The lowest BCUT2D eigenvalue weighted by molar-refractivity contribution is -0.123. The van der Waals surface area contributed by atoms with Gasteiger partial charge in [-0.1, -0.05) is 0 Å². The van der Waals surface area contributed by atoms with Crippen molar-refractivity contribution in [3.8, 4) is 0 Å². The number of hydrogen-bond donors (Lipinski definition) is 2. The molecular weight excluding hydrogens is 318 g/mol. The number of sulfone groups is 1. The summed E-state index contributed by atoms with van der Waals surface area (Å²) in [6.07, 6.45) is 1.12. The molecule has 0 atom stereocenters. The first-order valence-corrected chi connectivity index (χ1v) is 9.05. The standard InChI is InChI=1S/C15H23N3O4S/c1-11(2)16-14(19)9-18(3)10-15(20)17-12-5-7-13(8-6-12)23(4,21)22/h5-8,11H,9-10H2,1-4H3,(H,16,19)(H,17,20). The summed E-state index contributed by atoms with van der Waals surface area (Å²) in [5.74, 6) is -0.426. The van der Waals surface area contributed by atoms with Crippen molar-refractivity contribution in [3.63, 3.8) is 0 Å². The van der Waals surface area contributed by atoms with Gasteiger partial charge in [0.2, 0.25) is 11.8 Å². The highest BCUT2D eigenvalue weighted by molar-refractivity contribution is 7.90. The number of likely N-dealkylation sites (N-methyl/N-ethyl adjacent to an activating group) is 1. The van der Waals surface area contributed by atoms with Crippen molar-refractivity contribution in [1.82, 2.24) is 10.2 Å². The number of amides is 2. The molecule has 0 bridgehead atoms. The van der Waals surface area contributed by atoms with Crippen LogP contribution in [0.3, 0.4) is 0 Å². The topological polar surface area (TPSA) is 95.6 Å². The fourth-order valence-corrected chi connectivity index (χ4v) is 2.53. The summed E-state index contributed by atoms with van der Waals surface area (Å²) in [6.45, 7) is 3.91. The summed E-state index contributed by atoms with van der Waals surface area (Å²) in [5, 5.41) is 5.41. The predicted octanol–water partition coefficient (Wildman–Crippen LogP) is 0.485. The zero-order chi connectivity index (χ0) is 17.6. The van der Waals surface area contributed by atoms with E-state index < -0.39 is 9.84 Å². The van der Waals surface area contributed by atoms with Crippen molar-refractivity contribution < 1.29 is 18.0 Å². The van der Waals surface area contributed by atoms with E-state index in [0.29, 0.717) is 5.69 Å². The second kappa shape index (κ2) is 8.07. The molecule has 1 aromatic rings. The molecular formula is C15H23N3O4S. The van der Waals surface area contributed by atoms with Crippen molar-refractivity contribution in [2.75, 3.05) is 31.7 Å². The Morgan fingerprint density at radius 1 is 1.09 bits per heavy atom. The summed E-state index contributed by atoms with van der Waals surface area (Å²) in [4.78, 5) is 25.3. The highest BCUT2D eigenvalue weighted by Crippen LogP contribution is 2.13. The van der Waals surface area contributed by atoms with Crippen LogP contribution in [0.2, 0.25) is 0 Å². The largest absolute Gasteiger partial charge is 0.353 e. The molecule has 0 aromatic heterocycles. The van der Waals surface area contributed by atoms with Crippen molar-refractivity contribution in [3.05, 3.63) is 24.3 Å². The minimum atomic E-state index is -3.26. The van der Waals surface area contributed by atoms with Crippen LogP contribution < -0.4 is 10.6 Å². The van der Waals surface area contributed by atoms with Gasteiger partial charge in [-0.15, -0.1) is 0 Å². The van der Waals surface area contributed by atoms with Crippen LogP contribution in [-0.4, -0.2) is 57.6 Å².